The van der Waals surface area contributed by atoms with Crippen molar-refractivity contribution in [2.24, 2.45) is 0 Å². The lowest BCUT2D eigenvalue weighted by atomic mass is 10.0. The summed E-state index contributed by atoms with van der Waals surface area (Å²) >= 11 is 0. The molecule has 23 heavy (non-hydrogen) atoms. The van der Waals surface area contributed by atoms with E-state index in [1.165, 1.54) is 16.7 Å². The molecule has 128 valence electrons. The standard InChI is InChI=1S/C21H33NO/c1-17(2)21(23)15-14-20(5)12-7-10-18(3)9-6-11-19(4)13-8-16-22/h9,12-13,21,23H,1,6-8,10-11,14-15H2,2-5H3/b18-9+,19-13+,20-12?. The number of allylic oxidation sites excluding steroid dienone is 6. The zero-order valence-corrected chi connectivity index (χ0v) is 15.4. The topological polar surface area (TPSA) is 44.0 Å². The van der Waals surface area contributed by atoms with Crippen molar-refractivity contribution < 1.29 is 5.11 Å². The molecule has 0 radical (unpaired) electrons. The monoisotopic (exact) mass is 315 g/mol. The van der Waals surface area contributed by atoms with Gasteiger partial charge in [-0.15, -0.1) is 0 Å². The maximum atomic E-state index is 9.73. The van der Waals surface area contributed by atoms with Gasteiger partial charge >= 0.3 is 0 Å². The summed E-state index contributed by atoms with van der Waals surface area (Å²) in [5.41, 5.74) is 4.90. The zero-order valence-electron chi connectivity index (χ0n) is 15.4. The van der Waals surface area contributed by atoms with Crippen LogP contribution in [0.3, 0.4) is 0 Å². The SMILES string of the molecule is C=C(C)C(O)CCC(C)=CCC/C(C)=C/CC/C(C)=C/CC#N. The Hall–Kier alpha value is -1.59. The molecule has 0 heterocycles. The largest absolute Gasteiger partial charge is 0.389 e. The first kappa shape index (κ1) is 21.4. The fourth-order valence-corrected chi connectivity index (χ4v) is 2.23. The van der Waals surface area contributed by atoms with Crippen LogP contribution in [0.2, 0.25) is 0 Å². The lowest BCUT2D eigenvalue weighted by molar-refractivity contribution is 0.201. The molecule has 1 N–H and O–H groups in total. The Bertz CT molecular complexity index is 488. The molecule has 0 amide bonds. The van der Waals surface area contributed by atoms with Crippen molar-refractivity contribution in [3.05, 3.63) is 47.1 Å². The van der Waals surface area contributed by atoms with Crippen molar-refractivity contribution in [1.82, 2.24) is 0 Å². The van der Waals surface area contributed by atoms with Crippen LogP contribution in [-0.4, -0.2) is 11.2 Å². The molecule has 0 aromatic heterocycles. The van der Waals surface area contributed by atoms with Gasteiger partial charge in [-0.05, 0) is 66.2 Å². The summed E-state index contributed by atoms with van der Waals surface area (Å²) in [6.07, 6.45) is 12.6. The van der Waals surface area contributed by atoms with Gasteiger partial charge in [-0.25, -0.2) is 0 Å². The van der Waals surface area contributed by atoms with Crippen LogP contribution in [0, 0.1) is 11.3 Å². The second kappa shape index (κ2) is 12.9. The zero-order chi connectivity index (χ0) is 17.7. The molecule has 0 rings (SSSR count). The predicted molar refractivity (Wildman–Crippen MR) is 100 cm³/mol. The van der Waals surface area contributed by atoms with Crippen molar-refractivity contribution in [3.8, 4) is 6.07 Å². The van der Waals surface area contributed by atoms with Crippen LogP contribution in [0.4, 0.5) is 0 Å². The molecular formula is C21H33NO. The smallest absolute Gasteiger partial charge is 0.0747 e. The number of rotatable bonds is 11. The molecule has 0 bridgehead atoms. The molecule has 1 unspecified atom stereocenters. The first-order chi connectivity index (χ1) is 10.9. The van der Waals surface area contributed by atoms with Crippen LogP contribution >= 0.6 is 0 Å². The van der Waals surface area contributed by atoms with Gasteiger partial charge in [0.15, 0.2) is 0 Å². The highest BCUT2D eigenvalue weighted by atomic mass is 16.3. The number of hydrogen-bond acceptors (Lipinski definition) is 2. The average Bonchev–Trinajstić information content (AvgIpc) is 2.50. The van der Waals surface area contributed by atoms with E-state index in [1.54, 1.807) is 0 Å². The second-order valence-corrected chi connectivity index (χ2v) is 6.49. The van der Waals surface area contributed by atoms with Crippen LogP contribution in [0.15, 0.2) is 47.1 Å². The highest BCUT2D eigenvalue weighted by molar-refractivity contribution is 5.07. The first-order valence-corrected chi connectivity index (χ1v) is 8.54. The second-order valence-electron chi connectivity index (χ2n) is 6.49. The van der Waals surface area contributed by atoms with E-state index in [0.717, 1.165) is 44.1 Å². The van der Waals surface area contributed by atoms with E-state index >= 15 is 0 Å². The first-order valence-electron chi connectivity index (χ1n) is 8.54. The minimum Gasteiger partial charge on any atom is -0.389 e. The number of nitrogens with zero attached hydrogens (tertiary/aromatic N) is 1. The van der Waals surface area contributed by atoms with E-state index in [-0.39, 0.29) is 6.10 Å². The molecule has 0 spiro atoms. The summed E-state index contributed by atoms with van der Waals surface area (Å²) in [7, 11) is 0. The highest BCUT2D eigenvalue weighted by Gasteiger charge is 2.03. The van der Waals surface area contributed by atoms with E-state index in [1.807, 2.05) is 13.0 Å². The molecule has 1 atom stereocenters. The molecule has 0 fully saturated rings. The highest BCUT2D eigenvalue weighted by Crippen LogP contribution is 2.15. The van der Waals surface area contributed by atoms with Gasteiger partial charge in [0.05, 0.1) is 18.6 Å². The van der Waals surface area contributed by atoms with Crippen LogP contribution in [0.1, 0.15) is 72.6 Å². The maximum Gasteiger partial charge on any atom is 0.0747 e. The fourth-order valence-electron chi connectivity index (χ4n) is 2.23. The minimum absolute atomic E-state index is 0.377. The Morgan fingerprint density at radius 3 is 1.91 bits per heavy atom. The molecule has 0 aliphatic heterocycles. The van der Waals surface area contributed by atoms with E-state index in [4.69, 9.17) is 5.26 Å². The summed E-state index contributed by atoms with van der Waals surface area (Å²) in [6.45, 7) is 12.1. The van der Waals surface area contributed by atoms with Gasteiger partial charge < -0.3 is 5.11 Å². The number of aliphatic hydroxyl groups excluding tert-OH is 1. The molecule has 0 aliphatic rings. The molecule has 2 nitrogen and oxygen atoms in total. The van der Waals surface area contributed by atoms with E-state index in [0.29, 0.717) is 6.42 Å². The molecule has 0 aromatic rings. The third-order valence-corrected chi connectivity index (χ3v) is 3.99. The summed E-state index contributed by atoms with van der Waals surface area (Å²) in [4.78, 5) is 0. The Labute approximate surface area is 142 Å². The van der Waals surface area contributed by atoms with Gasteiger partial charge in [0.25, 0.3) is 0 Å². The maximum absolute atomic E-state index is 9.73. The average molecular weight is 316 g/mol. The van der Waals surface area contributed by atoms with Gasteiger partial charge in [-0.3, -0.25) is 0 Å². The Morgan fingerprint density at radius 1 is 0.957 bits per heavy atom. The van der Waals surface area contributed by atoms with Crippen molar-refractivity contribution in [1.29, 1.82) is 5.26 Å². The quantitative estimate of drug-likeness (QED) is 0.474. The van der Waals surface area contributed by atoms with E-state index < -0.39 is 0 Å². The van der Waals surface area contributed by atoms with Crippen molar-refractivity contribution in [2.75, 3.05) is 0 Å². The van der Waals surface area contributed by atoms with Gasteiger partial charge in [0, 0.05) is 0 Å². The number of hydrogen-bond donors (Lipinski definition) is 1. The lowest BCUT2D eigenvalue weighted by Gasteiger charge is -2.10. The minimum atomic E-state index is -0.377. The van der Waals surface area contributed by atoms with Crippen LogP contribution < -0.4 is 0 Å². The molecular weight excluding hydrogens is 282 g/mol. The third-order valence-electron chi connectivity index (χ3n) is 3.99. The van der Waals surface area contributed by atoms with Gasteiger partial charge in [-0.1, -0.05) is 47.1 Å². The third kappa shape index (κ3) is 12.6. The van der Waals surface area contributed by atoms with E-state index in [9.17, 15) is 5.11 Å². The van der Waals surface area contributed by atoms with Gasteiger partial charge in [-0.2, -0.15) is 5.26 Å². The fraction of sp³-hybridized carbons (Fsp3) is 0.571. The van der Waals surface area contributed by atoms with Crippen LogP contribution in [-0.2, 0) is 0 Å². The summed E-state index contributed by atoms with van der Waals surface area (Å²) < 4.78 is 0. The number of nitriles is 1. The molecule has 0 aliphatic carbocycles. The summed E-state index contributed by atoms with van der Waals surface area (Å²) in [6, 6.07) is 2.14. The lowest BCUT2D eigenvalue weighted by Crippen LogP contribution is -2.06. The van der Waals surface area contributed by atoms with Crippen LogP contribution in [0.25, 0.3) is 0 Å². The molecule has 0 aromatic carbocycles. The summed E-state index contributed by atoms with van der Waals surface area (Å²) in [5, 5.41) is 18.3. The van der Waals surface area contributed by atoms with Crippen molar-refractivity contribution >= 4 is 0 Å². The van der Waals surface area contributed by atoms with Crippen molar-refractivity contribution in [2.45, 2.75) is 78.7 Å². The molecule has 0 saturated carbocycles. The van der Waals surface area contributed by atoms with Crippen molar-refractivity contribution in [3.63, 3.8) is 0 Å². The normalized spacial score (nSPS) is 14.5. The van der Waals surface area contributed by atoms with Gasteiger partial charge in [0.1, 0.15) is 0 Å². The van der Waals surface area contributed by atoms with Gasteiger partial charge in [0.2, 0.25) is 0 Å². The molecule has 0 saturated heterocycles. The van der Waals surface area contributed by atoms with E-state index in [2.05, 4.69) is 45.6 Å². The van der Waals surface area contributed by atoms with Crippen LogP contribution in [0.5, 0.6) is 0 Å². The number of aliphatic hydroxyl groups is 1. The Kier molecular flexibility index (Phi) is 12.0. The Balaban J connectivity index is 4.01. The molecule has 2 heteroatoms. The summed E-state index contributed by atoms with van der Waals surface area (Å²) in [5.74, 6) is 0. The Morgan fingerprint density at radius 2 is 1.43 bits per heavy atom. The predicted octanol–water partition coefficient (Wildman–Crippen LogP) is 6.02.